The van der Waals surface area contributed by atoms with Gasteiger partial charge in [0.25, 0.3) is 0 Å². The molecule has 1 saturated carbocycles. The highest BCUT2D eigenvalue weighted by molar-refractivity contribution is 5.97. The molecule has 1 aliphatic heterocycles. The lowest BCUT2D eigenvalue weighted by molar-refractivity contribution is -0.132. The first-order chi connectivity index (χ1) is 12.1. The minimum atomic E-state index is 0.100. The van der Waals surface area contributed by atoms with Crippen LogP contribution in [0.4, 0.5) is 5.69 Å². The van der Waals surface area contributed by atoms with E-state index in [-0.39, 0.29) is 24.5 Å². The average Bonchev–Trinajstić information content (AvgIpc) is 2.66. The number of fused-ring (bicyclic) bond motifs is 1. The Morgan fingerprint density at radius 3 is 2.64 bits per heavy atom. The molecule has 0 saturated heterocycles. The van der Waals surface area contributed by atoms with Gasteiger partial charge < -0.3 is 14.9 Å². The van der Waals surface area contributed by atoms with Gasteiger partial charge in [0.15, 0.2) is 0 Å². The number of aliphatic hydroxyl groups is 1. The largest absolute Gasteiger partial charge is 0.396 e. The number of benzene rings is 1. The van der Waals surface area contributed by atoms with Crippen molar-refractivity contribution in [1.82, 2.24) is 4.90 Å². The summed E-state index contributed by atoms with van der Waals surface area (Å²) in [5.74, 6) is 0.600. The van der Waals surface area contributed by atoms with Crippen LogP contribution in [-0.4, -0.2) is 48.1 Å². The molecule has 0 radical (unpaired) electrons. The fraction of sp³-hybridized carbons (Fsp3) is 0.600. The van der Waals surface area contributed by atoms with Gasteiger partial charge in [-0.25, -0.2) is 0 Å². The van der Waals surface area contributed by atoms with Crippen LogP contribution in [0.3, 0.4) is 0 Å². The van der Waals surface area contributed by atoms with Crippen LogP contribution in [0.2, 0.25) is 0 Å². The molecule has 2 aliphatic rings. The zero-order valence-electron chi connectivity index (χ0n) is 15.0. The molecule has 2 amide bonds. The lowest BCUT2D eigenvalue weighted by Gasteiger charge is -2.35. The molecule has 5 nitrogen and oxygen atoms in total. The van der Waals surface area contributed by atoms with Gasteiger partial charge in [-0.15, -0.1) is 0 Å². The van der Waals surface area contributed by atoms with Crippen molar-refractivity contribution in [3.8, 4) is 0 Å². The van der Waals surface area contributed by atoms with E-state index in [4.69, 9.17) is 0 Å². The summed E-state index contributed by atoms with van der Waals surface area (Å²) in [7, 11) is 1.87. The van der Waals surface area contributed by atoms with Crippen molar-refractivity contribution in [2.45, 2.75) is 51.0 Å². The summed E-state index contributed by atoms with van der Waals surface area (Å²) in [4.78, 5) is 28.5. The Morgan fingerprint density at radius 2 is 1.92 bits per heavy atom. The molecule has 0 bridgehead atoms. The summed E-state index contributed by atoms with van der Waals surface area (Å²) >= 11 is 0. The summed E-state index contributed by atoms with van der Waals surface area (Å²) in [5, 5.41) is 9.24. The summed E-state index contributed by atoms with van der Waals surface area (Å²) in [5.41, 5.74) is 2.14. The van der Waals surface area contributed by atoms with Gasteiger partial charge >= 0.3 is 0 Å². The van der Waals surface area contributed by atoms with E-state index in [1.54, 1.807) is 4.90 Å². The molecule has 1 aliphatic carbocycles. The topological polar surface area (TPSA) is 60.9 Å². The number of nitrogens with zero attached hydrogens (tertiary/aromatic N) is 2. The van der Waals surface area contributed by atoms with Crippen molar-refractivity contribution < 1.29 is 14.7 Å². The molecule has 136 valence electrons. The van der Waals surface area contributed by atoms with E-state index >= 15 is 0 Å². The monoisotopic (exact) mass is 344 g/mol. The van der Waals surface area contributed by atoms with E-state index in [0.29, 0.717) is 25.3 Å². The van der Waals surface area contributed by atoms with E-state index in [1.807, 2.05) is 30.1 Å². The van der Waals surface area contributed by atoms with Gasteiger partial charge in [0.2, 0.25) is 11.8 Å². The second kappa shape index (κ2) is 8.00. The van der Waals surface area contributed by atoms with Gasteiger partial charge in [0, 0.05) is 44.8 Å². The summed E-state index contributed by atoms with van der Waals surface area (Å²) in [6.07, 6.45) is 5.54. The average molecular weight is 344 g/mol. The molecule has 0 unspecified atom stereocenters. The fourth-order valence-corrected chi connectivity index (χ4v) is 4.04. The zero-order valence-corrected chi connectivity index (χ0v) is 15.0. The zero-order chi connectivity index (χ0) is 17.8. The van der Waals surface area contributed by atoms with Gasteiger partial charge in [0.1, 0.15) is 0 Å². The maximum atomic E-state index is 12.6. The van der Waals surface area contributed by atoms with Crippen LogP contribution in [0.1, 0.15) is 44.1 Å². The number of carbonyl (C=O) groups is 2. The Labute approximate surface area is 149 Å². The molecule has 3 rings (SSSR count). The predicted molar refractivity (Wildman–Crippen MR) is 97.3 cm³/mol. The van der Waals surface area contributed by atoms with Gasteiger partial charge in [-0.05, 0) is 49.7 Å². The van der Waals surface area contributed by atoms with Gasteiger partial charge in [-0.1, -0.05) is 18.2 Å². The first-order valence-corrected chi connectivity index (χ1v) is 9.35. The molecule has 0 atom stereocenters. The Bertz CT molecular complexity index is 623. The summed E-state index contributed by atoms with van der Waals surface area (Å²) < 4.78 is 0. The number of anilines is 1. The SMILES string of the molecule is CN(C(=O)CCN1C(=O)CCc2ccccc21)C1CCC(CO)CC1. The minimum Gasteiger partial charge on any atom is -0.396 e. The van der Waals surface area contributed by atoms with Crippen LogP contribution >= 0.6 is 0 Å². The first-order valence-electron chi connectivity index (χ1n) is 9.35. The van der Waals surface area contributed by atoms with E-state index < -0.39 is 0 Å². The predicted octanol–water partition coefficient (Wildman–Crippen LogP) is 2.37. The van der Waals surface area contributed by atoms with E-state index in [0.717, 1.165) is 37.8 Å². The number of aryl methyl sites for hydroxylation is 1. The molecular formula is C20H28N2O3. The third-order valence-corrected chi connectivity index (χ3v) is 5.76. The molecule has 25 heavy (non-hydrogen) atoms. The fourth-order valence-electron chi connectivity index (χ4n) is 4.04. The van der Waals surface area contributed by atoms with Crippen molar-refractivity contribution in [2.75, 3.05) is 25.1 Å². The third kappa shape index (κ3) is 4.03. The van der Waals surface area contributed by atoms with Crippen LogP contribution in [0.5, 0.6) is 0 Å². The number of hydrogen-bond acceptors (Lipinski definition) is 3. The Kier molecular flexibility index (Phi) is 5.74. The number of hydrogen-bond donors (Lipinski definition) is 1. The number of rotatable bonds is 5. The molecule has 1 N–H and O–H groups in total. The van der Waals surface area contributed by atoms with Crippen molar-refractivity contribution in [1.29, 1.82) is 0 Å². The minimum absolute atomic E-state index is 0.100. The second-order valence-corrected chi connectivity index (χ2v) is 7.29. The Morgan fingerprint density at radius 1 is 1.20 bits per heavy atom. The van der Waals surface area contributed by atoms with Crippen LogP contribution in [-0.2, 0) is 16.0 Å². The van der Waals surface area contributed by atoms with Gasteiger partial charge in [-0.2, -0.15) is 0 Å². The van der Waals surface area contributed by atoms with Gasteiger partial charge in [-0.3, -0.25) is 9.59 Å². The number of aliphatic hydroxyl groups excluding tert-OH is 1. The molecule has 5 heteroatoms. The van der Waals surface area contributed by atoms with Crippen LogP contribution < -0.4 is 4.90 Å². The summed E-state index contributed by atoms with van der Waals surface area (Å²) in [6.45, 7) is 0.700. The van der Waals surface area contributed by atoms with Crippen molar-refractivity contribution in [2.24, 2.45) is 5.92 Å². The smallest absolute Gasteiger partial charge is 0.227 e. The first kappa shape index (κ1) is 17.9. The molecule has 1 heterocycles. The molecule has 0 spiro atoms. The standard InChI is InChI=1S/C20H28N2O3/c1-21(17-9-6-15(14-23)7-10-17)19(24)12-13-22-18-5-3-2-4-16(18)8-11-20(22)25/h2-5,15,17,23H,6-14H2,1H3. The quantitative estimate of drug-likeness (QED) is 0.892. The molecule has 1 aromatic carbocycles. The van der Waals surface area contributed by atoms with Gasteiger partial charge in [0.05, 0.1) is 0 Å². The third-order valence-electron chi connectivity index (χ3n) is 5.76. The Balaban J connectivity index is 1.56. The molecule has 0 aromatic heterocycles. The molecule has 1 fully saturated rings. The van der Waals surface area contributed by atoms with E-state index in [2.05, 4.69) is 6.07 Å². The highest BCUT2D eigenvalue weighted by Crippen LogP contribution is 2.29. The molecule has 1 aromatic rings. The van der Waals surface area contributed by atoms with E-state index in [9.17, 15) is 14.7 Å². The van der Waals surface area contributed by atoms with Crippen molar-refractivity contribution in [3.05, 3.63) is 29.8 Å². The maximum Gasteiger partial charge on any atom is 0.227 e. The second-order valence-electron chi connectivity index (χ2n) is 7.29. The lowest BCUT2D eigenvalue weighted by Crippen LogP contribution is -2.42. The number of para-hydroxylation sites is 1. The number of carbonyl (C=O) groups excluding carboxylic acids is 2. The van der Waals surface area contributed by atoms with Crippen molar-refractivity contribution >= 4 is 17.5 Å². The van der Waals surface area contributed by atoms with E-state index in [1.165, 1.54) is 5.56 Å². The maximum absolute atomic E-state index is 12.6. The van der Waals surface area contributed by atoms with Crippen molar-refractivity contribution in [3.63, 3.8) is 0 Å². The molecular weight excluding hydrogens is 316 g/mol. The normalized spacial score (nSPS) is 23.3. The van der Waals surface area contributed by atoms with Crippen LogP contribution in [0, 0.1) is 5.92 Å². The summed E-state index contributed by atoms with van der Waals surface area (Å²) in [6, 6.07) is 8.23. The van der Waals surface area contributed by atoms with Crippen LogP contribution in [0.25, 0.3) is 0 Å². The highest BCUT2D eigenvalue weighted by Gasteiger charge is 2.28. The Hall–Kier alpha value is -1.88. The highest BCUT2D eigenvalue weighted by atomic mass is 16.3. The number of amides is 2. The lowest BCUT2D eigenvalue weighted by atomic mass is 9.86. The van der Waals surface area contributed by atoms with Crippen LogP contribution in [0.15, 0.2) is 24.3 Å².